The summed E-state index contributed by atoms with van der Waals surface area (Å²) >= 11 is 0. The molecular weight excluding hydrogens is 396 g/mol. The standard InChI is InChI=1S/C24H20N2O5/c1-15(6-13-22(28)29)23(20-11-12-21(27)19-5-3-2-4-18(19)20)31-24(30)26-17-9-7-16(14-25)8-10-17/h2-13,15,23,27H,1H3,(H,26,30)(H,28,29)/b13-6+/t15-,23-/m1/s1. The Morgan fingerprint density at radius 2 is 1.74 bits per heavy atom. The lowest BCUT2D eigenvalue weighted by molar-refractivity contribution is -0.131. The number of aromatic hydroxyl groups is 1. The molecule has 0 aliphatic carbocycles. The minimum absolute atomic E-state index is 0.0915. The topological polar surface area (TPSA) is 120 Å². The third kappa shape index (κ3) is 5.19. The molecule has 3 aromatic carbocycles. The summed E-state index contributed by atoms with van der Waals surface area (Å²) in [6.07, 6.45) is 0.896. The van der Waals surface area contributed by atoms with Crippen LogP contribution in [0.2, 0.25) is 0 Å². The lowest BCUT2D eigenvalue weighted by atomic mass is 9.92. The zero-order valence-electron chi connectivity index (χ0n) is 16.6. The number of carboxylic acids is 1. The number of nitrogens with one attached hydrogen (secondary N) is 1. The van der Waals surface area contributed by atoms with Gasteiger partial charge in [0.25, 0.3) is 0 Å². The first kappa shape index (κ1) is 21.4. The van der Waals surface area contributed by atoms with Crippen LogP contribution >= 0.6 is 0 Å². The minimum Gasteiger partial charge on any atom is -0.507 e. The Hall–Kier alpha value is -4.31. The Bertz CT molecular complexity index is 1180. The molecule has 3 rings (SSSR count). The first-order valence-electron chi connectivity index (χ1n) is 9.48. The van der Waals surface area contributed by atoms with Gasteiger partial charge in [0.05, 0.1) is 11.6 Å². The first-order chi connectivity index (χ1) is 14.9. The number of benzene rings is 3. The Morgan fingerprint density at radius 1 is 1.06 bits per heavy atom. The van der Waals surface area contributed by atoms with Crippen LogP contribution in [-0.4, -0.2) is 22.3 Å². The number of carbonyl (C=O) groups excluding carboxylic acids is 1. The van der Waals surface area contributed by atoms with E-state index < -0.39 is 24.1 Å². The Balaban J connectivity index is 1.93. The van der Waals surface area contributed by atoms with Gasteiger partial charge in [0.15, 0.2) is 0 Å². The number of hydrogen-bond acceptors (Lipinski definition) is 5. The number of carboxylic acid groups (broad SMARTS) is 1. The molecule has 0 aliphatic heterocycles. The Kier molecular flexibility index (Phi) is 6.53. The number of hydrogen-bond donors (Lipinski definition) is 3. The summed E-state index contributed by atoms with van der Waals surface area (Å²) in [7, 11) is 0. The molecule has 0 saturated heterocycles. The minimum atomic E-state index is -1.11. The van der Waals surface area contributed by atoms with E-state index in [1.807, 2.05) is 6.07 Å². The van der Waals surface area contributed by atoms with Gasteiger partial charge < -0.3 is 14.9 Å². The monoisotopic (exact) mass is 416 g/mol. The van der Waals surface area contributed by atoms with Crippen molar-refractivity contribution in [3.8, 4) is 11.8 Å². The number of anilines is 1. The lowest BCUT2D eigenvalue weighted by Gasteiger charge is -2.24. The molecule has 0 aliphatic rings. The fourth-order valence-electron chi connectivity index (χ4n) is 3.23. The van der Waals surface area contributed by atoms with Gasteiger partial charge in [-0.2, -0.15) is 5.26 Å². The number of rotatable bonds is 6. The number of amides is 1. The largest absolute Gasteiger partial charge is 0.507 e. The molecule has 31 heavy (non-hydrogen) atoms. The lowest BCUT2D eigenvalue weighted by Crippen LogP contribution is -2.21. The van der Waals surface area contributed by atoms with E-state index >= 15 is 0 Å². The van der Waals surface area contributed by atoms with Crippen molar-refractivity contribution in [2.45, 2.75) is 13.0 Å². The highest BCUT2D eigenvalue weighted by atomic mass is 16.6. The van der Waals surface area contributed by atoms with E-state index in [2.05, 4.69) is 5.32 Å². The summed E-state index contributed by atoms with van der Waals surface area (Å²) in [6, 6.07) is 18.6. The van der Waals surface area contributed by atoms with Crippen molar-refractivity contribution in [1.29, 1.82) is 5.26 Å². The van der Waals surface area contributed by atoms with Crippen LogP contribution in [0.15, 0.2) is 72.8 Å². The van der Waals surface area contributed by atoms with Crippen LogP contribution in [0, 0.1) is 17.2 Å². The molecule has 0 heterocycles. The molecule has 0 fully saturated rings. The van der Waals surface area contributed by atoms with Gasteiger partial charge in [-0.15, -0.1) is 0 Å². The van der Waals surface area contributed by atoms with Crippen LogP contribution in [0.3, 0.4) is 0 Å². The number of nitriles is 1. The van der Waals surface area contributed by atoms with E-state index in [4.69, 9.17) is 15.1 Å². The molecule has 7 nitrogen and oxygen atoms in total. The Morgan fingerprint density at radius 3 is 2.39 bits per heavy atom. The maximum Gasteiger partial charge on any atom is 0.412 e. The molecule has 3 aromatic rings. The van der Waals surface area contributed by atoms with Crippen molar-refractivity contribution in [3.05, 3.63) is 83.9 Å². The van der Waals surface area contributed by atoms with Gasteiger partial charge in [-0.1, -0.05) is 43.3 Å². The van der Waals surface area contributed by atoms with Crippen LogP contribution < -0.4 is 5.32 Å². The number of phenols is 1. The SMILES string of the molecule is C[C@H](/C=C/C(=O)O)[C@@H](OC(=O)Nc1ccc(C#N)cc1)c1ccc(O)c2ccccc12. The van der Waals surface area contributed by atoms with Crippen LogP contribution in [0.4, 0.5) is 10.5 Å². The summed E-state index contributed by atoms with van der Waals surface area (Å²) in [5.74, 6) is -1.49. The molecule has 3 N–H and O–H groups in total. The van der Waals surface area contributed by atoms with E-state index in [0.29, 0.717) is 27.6 Å². The van der Waals surface area contributed by atoms with E-state index in [1.54, 1.807) is 61.5 Å². The summed E-state index contributed by atoms with van der Waals surface area (Å²) in [5.41, 5.74) is 1.54. The smallest absolute Gasteiger partial charge is 0.412 e. The zero-order valence-corrected chi connectivity index (χ0v) is 16.6. The summed E-state index contributed by atoms with van der Waals surface area (Å²) < 4.78 is 5.70. The van der Waals surface area contributed by atoms with Crippen molar-refractivity contribution >= 4 is 28.5 Å². The highest BCUT2D eigenvalue weighted by molar-refractivity contribution is 5.91. The van der Waals surface area contributed by atoms with Gasteiger partial charge >= 0.3 is 12.1 Å². The van der Waals surface area contributed by atoms with E-state index in [1.165, 1.54) is 12.1 Å². The number of ether oxygens (including phenoxy) is 1. The molecule has 1 amide bonds. The second kappa shape index (κ2) is 9.46. The van der Waals surface area contributed by atoms with Crippen molar-refractivity contribution in [3.63, 3.8) is 0 Å². The number of aliphatic carboxylic acids is 1. The molecule has 0 spiro atoms. The highest BCUT2D eigenvalue weighted by Crippen LogP contribution is 2.36. The van der Waals surface area contributed by atoms with E-state index in [9.17, 15) is 14.7 Å². The molecule has 0 radical (unpaired) electrons. The quantitative estimate of drug-likeness (QED) is 0.487. The van der Waals surface area contributed by atoms with Crippen LogP contribution in [0.25, 0.3) is 10.8 Å². The van der Waals surface area contributed by atoms with Crippen LogP contribution in [-0.2, 0) is 9.53 Å². The number of carbonyl (C=O) groups is 2. The normalized spacial score (nSPS) is 12.8. The van der Waals surface area contributed by atoms with Crippen LogP contribution in [0.5, 0.6) is 5.75 Å². The van der Waals surface area contributed by atoms with Gasteiger partial charge in [-0.05, 0) is 35.7 Å². The Labute approximate surface area is 178 Å². The number of nitrogens with zero attached hydrogens (tertiary/aromatic N) is 1. The third-order valence-corrected chi connectivity index (χ3v) is 4.76. The highest BCUT2D eigenvalue weighted by Gasteiger charge is 2.25. The molecule has 2 atom stereocenters. The third-order valence-electron chi connectivity index (χ3n) is 4.76. The maximum absolute atomic E-state index is 12.6. The predicted molar refractivity (Wildman–Crippen MR) is 116 cm³/mol. The molecule has 156 valence electrons. The van der Waals surface area contributed by atoms with Gasteiger partial charge in [0.1, 0.15) is 11.9 Å². The summed E-state index contributed by atoms with van der Waals surface area (Å²) in [6.45, 7) is 1.74. The number of phenolic OH excluding ortho intramolecular Hbond substituents is 1. The molecule has 0 unspecified atom stereocenters. The number of fused-ring (bicyclic) bond motifs is 1. The average molecular weight is 416 g/mol. The van der Waals surface area contributed by atoms with E-state index in [-0.39, 0.29) is 5.75 Å². The van der Waals surface area contributed by atoms with Crippen LogP contribution in [0.1, 0.15) is 24.2 Å². The first-order valence-corrected chi connectivity index (χ1v) is 9.48. The van der Waals surface area contributed by atoms with Crippen molar-refractivity contribution in [1.82, 2.24) is 0 Å². The molecular formula is C24H20N2O5. The van der Waals surface area contributed by atoms with Gasteiger partial charge in [-0.3, -0.25) is 5.32 Å². The summed E-state index contributed by atoms with van der Waals surface area (Å²) in [4.78, 5) is 23.6. The van der Waals surface area contributed by atoms with Crippen molar-refractivity contribution in [2.75, 3.05) is 5.32 Å². The molecule has 0 aromatic heterocycles. The predicted octanol–water partition coefficient (Wildman–Crippen LogP) is 4.98. The van der Waals surface area contributed by atoms with Crippen molar-refractivity contribution < 1.29 is 24.5 Å². The fraction of sp³-hybridized carbons (Fsp3) is 0.125. The van der Waals surface area contributed by atoms with E-state index in [0.717, 1.165) is 6.08 Å². The molecule has 7 heteroatoms. The molecule has 0 saturated carbocycles. The summed E-state index contributed by atoms with van der Waals surface area (Å²) in [5, 5.41) is 31.9. The van der Waals surface area contributed by atoms with Gasteiger partial charge in [0, 0.05) is 28.6 Å². The maximum atomic E-state index is 12.6. The van der Waals surface area contributed by atoms with Gasteiger partial charge in [-0.25, -0.2) is 9.59 Å². The van der Waals surface area contributed by atoms with Crippen molar-refractivity contribution in [2.24, 2.45) is 5.92 Å². The second-order valence-corrected chi connectivity index (χ2v) is 6.92. The average Bonchev–Trinajstić information content (AvgIpc) is 2.77. The molecule has 0 bridgehead atoms. The zero-order chi connectivity index (χ0) is 22.4. The van der Waals surface area contributed by atoms with Gasteiger partial charge in [0.2, 0.25) is 0 Å². The fourth-order valence-corrected chi connectivity index (χ4v) is 3.23. The second-order valence-electron chi connectivity index (χ2n) is 6.92.